The summed E-state index contributed by atoms with van der Waals surface area (Å²) >= 11 is 15.7. The number of aliphatic hydroxyl groups is 1. The largest absolute Gasteiger partial charge is 0.508 e. The van der Waals surface area contributed by atoms with Gasteiger partial charge in [0.2, 0.25) is 0 Å². The Morgan fingerprint density at radius 3 is 2.33 bits per heavy atom. The minimum Gasteiger partial charge on any atom is -0.508 e. The van der Waals surface area contributed by atoms with Crippen molar-refractivity contribution in [3.05, 3.63) is 91.9 Å². The molecule has 1 atom stereocenters. The van der Waals surface area contributed by atoms with Crippen molar-refractivity contribution in [3.8, 4) is 11.5 Å². The second-order valence-corrected chi connectivity index (χ2v) is 8.97. The Bertz CT molecular complexity index is 1300. The molecule has 0 bridgehead atoms. The van der Waals surface area contributed by atoms with Gasteiger partial charge in [0.05, 0.1) is 23.2 Å². The average molecular weight is 549 g/mol. The molecule has 168 valence electrons. The normalized spacial score (nSPS) is 17.5. The Hall–Kier alpha value is -3.00. The minimum absolute atomic E-state index is 0.0607. The van der Waals surface area contributed by atoms with Gasteiger partial charge in [0.25, 0.3) is 11.7 Å². The van der Waals surface area contributed by atoms with Crippen molar-refractivity contribution in [3.63, 3.8) is 0 Å². The molecule has 0 spiro atoms. The van der Waals surface area contributed by atoms with Gasteiger partial charge in [-0.25, -0.2) is 0 Å². The van der Waals surface area contributed by atoms with E-state index in [1.54, 1.807) is 30.3 Å². The first-order chi connectivity index (χ1) is 15.7. The number of ketones is 1. The van der Waals surface area contributed by atoms with E-state index in [-0.39, 0.29) is 32.8 Å². The maximum absolute atomic E-state index is 13.2. The van der Waals surface area contributed by atoms with E-state index in [4.69, 9.17) is 27.9 Å². The molecule has 3 aromatic rings. The second-order valence-electron chi connectivity index (χ2n) is 7.24. The second kappa shape index (κ2) is 9.09. The van der Waals surface area contributed by atoms with Crippen LogP contribution in [0, 0.1) is 0 Å². The van der Waals surface area contributed by atoms with Crippen LogP contribution in [-0.2, 0) is 9.59 Å². The van der Waals surface area contributed by atoms with Gasteiger partial charge in [0.15, 0.2) is 0 Å². The van der Waals surface area contributed by atoms with Crippen LogP contribution in [0.4, 0.5) is 5.69 Å². The summed E-state index contributed by atoms with van der Waals surface area (Å²) in [6, 6.07) is 14.4. The van der Waals surface area contributed by atoms with Crippen LogP contribution in [0.1, 0.15) is 17.2 Å². The van der Waals surface area contributed by atoms with Crippen molar-refractivity contribution in [2.75, 3.05) is 12.0 Å². The first-order valence-corrected chi connectivity index (χ1v) is 11.2. The molecule has 3 aromatic carbocycles. The maximum atomic E-state index is 13.2. The molecule has 0 saturated carbocycles. The van der Waals surface area contributed by atoms with Gasteiger partial charge in [-0.15, -0.1) is 0 Å². The molecule has 0 aromatic heterocycles. The van der Waals surface area contributed by atoms with Crippen LogP contribution in [-0.4, -0.2) is 29.0 Å². The molecule has 1 heterocycles. The van der Waals surface area contributed by atoms with Gasteiger partial charge in [-0.2, -0.15) is 0 Å². The lowest BCUT2D eigenvalue weighted by molar-refractivity contribution is -0.132. The first-order valence-electron chi connectivity index (χ1n) is 9.61. The van der Waals surface area contributed by atoms with Crippen molar-refractivity contribution >= 4 is 62.3 Å². The molecule has 1 aliphatic rings. The van der Waals surface area contributed by atoms with E-state index in [1.165, 1.54) is 42.3 Å². The molecule has 2 N–H and O–H groups in total. The lowest BCUT2D eigenvalue weighted by Gasteiger charge is -2.26. The van der Waals surface area contributed by atoms with Crippen molar-refractivity contribution in [2.24, 2.45) is 0 Å². The predicted molar refractivity (Wildman–Crippen MR) is 130 cm³/mol. The average Bonchev–Trinajstić information content (AvgIpc) is 3.03. The number of aromatic hydroxyl groups is 1. The number of amides is 1. The fraction of sp³-hybridized carbons (Fsp3) is 0.0833. The Kier molecular flexibility index (Phi) is 6.38. The third-order valence-corrected chi connectivity index (χ3v) is 6.24. The highest BCUT2D eigenvalue weighted by atomic mass is 79.9. The highest BCUT2D eigenvalue weighted by Crippen LogP contribution is 2.44. The highest BCUT2D eigenvalue weighted by Gasteiger charge is 2.47. The minimum atomic E-state index is -1.03. The Morgan fingerprint density at radius 2 is 1.73 bits per heavy atom. The number of nitrogens with zero attached hydrogens (tertiary/aromatic N) is 1. The molecule has 0 radical (unpaired) electrons. The van der Waals surface area contributed by atoms with E-state index in [1.807, 2.05) is 0 Å². The number of hydrogen-bond donors (Lipinski definition) is 2. The smallest absolute Gasteiger partial charge is 0.300 e. The molecule has 4 rings (SSSR count). The predicted octanol–water partition coefficient (Wildman–Crippen LogP) is 6.10. The molecular formula is C24H16BrCl2NO5. The number of carbonyl (C=O) groups excluding carboxylic acids is 2. The zero-order chi connectivity index (χ0) is 23.9. The molecule has 0 aliphatic carbocycles. The molecule has 1 unspecified atom stereocenters. The van der Waals surface area contributed by atoms with Gasteiger partial charge in [-0.05, 0) is 70.0 Å². The zero-order valence-corrected chi connectivity index (χ0v) is 20.1. The summed E-state index contributed by atoms with van der Waals surface area (Å²) in [5.74, 6) is -1.65. The number of aliphatic hydroxyl groups excluding tert-OH is 1. The van der Waals surface area contributed by atoms with E-state index in [0.29, 0.717) is 21.3 Å². The molecule has 6 nitrogen and oxygen atoms in total. The van der Waals surface area contributed by atoms with Crippen molar-refractivity contribution in [1.82, 2.24) is 0 Å². The quantitative estimate of drug-likeness (QED) is 0.234. The third kappa shape index (κ3) is 4.31. The monoisotopic (exact) mass is 547 g/mol. The van der Waals surface area contributed by atoms with Gasteiger partial charge in [0, 0.05) is 21.3 Å². The summed E-state index contributed by atoms with van der Waals surface area (Å²) in [7, 11) is 1.50. The number of benzene rings is 3. The SMILES string of the molecule is COc1ccc(/C(O)=C2\C(=O)C(=O)N(c3cc(Cl)cc(Cl)c3)C2c2cccc(O)c2)cc1Br. The number of phenols is 1. The van der Waals surface area contributed by atoms with E-state index in [9.17, 15) is 19.8 Å². The summed E-state index contributed by atoms with van der Waals surface area (Å²) in [6.45, 7) is 0. The summed E-state index contributed by atoms with van der Waals surface area (Å²) in [4.78, 5) is 27.5. The highest BCUT2D eigenvalue weighted by molar-refractivity contribution is 9.10. The molecule has 1 saturated heterocycles. The standard InChI is InChI=1S/C24H16BrCl2NO5/c1-33-19-6-5-13(8-18(19)25)22(30)20-21(12-3-2-4-17(29)7-12)28(24(32)23(20)31)16-10-14(26)9-15(27)11-16/h2-11,21,29-30H,1H3/b22-20+. The topological polar surface area (TPSA) is 87.1 Å². The van der Waals surface area contributed by atoms with Gasteiger partial charge < -0.3 is 14.9 Å². The van der Waals surface area contributed by atoms with Crippen LogP contribution in [0.2, 0.25) is 10.0 Å². The molecule has 1 aliphatic heterocycles. The van der Waals surface area contributed by atoms with Crippen LogP contribution >= 0.6 is 39.1 Å². The molecule has 1 amide bonds. The third-order valence-electron chi connectivity index (χ3n) is 5.18. The molecule has 33 heavy (non-hydrogen) atoms. The van der Waals surface area contributed by atoms with E-state index < -0.39 is 17.7 Å². The number of Topliss-reactive ketones (excluding diaryl/α,β-unsaturated/α-hetero) is 1. The zero-order valence-electron chi connectivity index (χ0n) is 17.1. The fourth-order valence-corrected chi connectivity index (χ4v) is 4.81. The van der Waals surface area contributed by atoms with Crippen LogP contribution < -0.4 is 9.64 Å². The van der Waals surface area contributed by atoms with E-state index >= 15 is 0 Å². The van der Waals surface area contributed by atoms with Gasteiger partial charge in [0.1, 0.15) is 17.3 Å². The van der Waals surface area contributed by atoms with Crippen LogP contribution in [0.15, 0.2) is 70.7 Å². The van der Waals surface area contributed by atoms with Gasteiger partial charge in [-0.1, -0.05) is 35.3 Å². The van der Waals surface area contributed by atoms with Crippen molar-refractivity contribution < 1.29 is 24.5 Å². The number of carbonyl (C=O) groups is 2. The first kappa shape index (κ1) is 23.2. The maximum Gasteiger partial charge on any atom is 0.300 e. The summed E-state index contributed by atoms with van der Waals surface area (Å²) in [5, 5.41) is 21.8. The summed E-state index contributed by atoms with van der Waals surface area (Å²) < 4.78 is 5.77. The van der Waals surface area contributed by atoms with Crippen LogP contribution in [0.3, 0.4) is 0 Å². The number of rotatable bonds is 4. The number of ether oxygens (including phenoxy) is 1. The number of halogens is 3. The van der Waals surface area contributed by atoms with Gasteiger partial charge >= 0.3 is 0 Å². The number of phenolic OH excluding ortho intramolecular Hbond substituents is 1. The Morgan fingerprint density at radius 1 is 1.03 bits per heavy atom. The van der Waals surface area contributed by atoms with Crippen LogP contribution in [0.25, 0.3) is 5.76 Å². The number of hydrogen-bond acceptors (Lipinski definition) is 5. The fourth-order valence-electron chi connectivity index (χ4n) is 3.76. The number of anilines is 1. The van der Waals surface area contributed by atoms with Crippen molar-refractivity contribution in [1.29, 1.82) is 0 Å². The Balaban J connectivity index is 1.97. The summed E-state index contributed by atoms with van der Waals surface area (Å²) in [5.41, 5.74) is 0.853. The lowest BCUT2D eigenvalue weighted by Crippen LogP contribution is -2.29. The number of methoxy groups -OCH3 is 1. The van der Waals surface area contributed by atoms with E-state index in [2.05, 4.69) is 15.9 Å². The summed E-state index contributed by atoms with van der Waals surface area (Å²) in [6.07, 6.45) is 0. The lowest BCUT2D eigenvalue weighted by atomic mass is 9.95. The van der Waals surface area contributed by atoms with E-state index in [0.717, 1.165) is 0 Å². The van der Waals surface area contributed by atoms with Crippen molar-refractivity contribution in [2.45, 2.75) is 6.04 Å². The van der Waals surface area contributed by atoms with Gasteiger partial charge in [-0.3, -0.25) is 14.5 Å². The molecular weight excluding hydrogens is 533 g/mol. The molecule has 1 fully saturated rings. The van der Waals surface area contributed by atoms with Crippen LogP contribution in [0.5, 0.6) is 11.5 Å². The Labute approximate surface area is 207 Å². The molecule has 9 heteroatoms.